The van der Waals surface area contributed by atoms with E-state index in [0.29, 0.717) is 0 Å². The van der Waals surface area contributed by atoms with Crippen LogP contribution in [-0.4, -0.2) is 5.78 Å². The molecular formula is C14H16O. The predicted octanol–water partition coefficient (Wildman–Crippen LogP) is 2.88. The number of carbonyl (C=O) groups is 1. The van der Waals surface area contributed by atoms with Gasteiger partial charge in [0.15, 0.2) is 5.78 Å². The highest BCUT2D eigenvalue weighted by atomic mass is 16.1. The van der Waals surface area contributed by atoms with E-state index in [9.17, 15) is 4.79 Å². The molecule has 0 amide bonds. The third-order valence-electron chi connectivity index (χ3n) is 3.74. The fourth-order valence-electron chi connectivity index (χ4n) is 2.73. The van der Waals surface area contributed by atoms with Gasteiger partial charge in [-0.2, -0.15) is 0 Å². The van der Waals surface area contributed by atoms with Gasteiger partial charge in [0, 0.05) is 0 Å². The van der Waals surface area contributed by atoms with Crippen LogP contribution in [0.1, 0.15) is 33.6 Å². The minimum atomic E-state index is -0.276. The highest BCUT2D eigenvalue weighted by Gasteiger charge is 2.47. The number of hydrogen-bond donors (Lipinski definition) is 0. The molecule has 2 aliphatic carbocycles. The van der Waals surface area contributed by atoms with Gasteiger partial charge in [-0.25, -0.2) is 0 Å². The summed E-state index contributed by atoms with van der Waals surface area (Å²) in [6.07, 6.45) is 11.4. The minimum Gasteiger partial charge on any atom is -0.290 e. The third-order valence-corrected chi connectivity index (χ3v) is 3.74. The summed E-state index contributed by atoms with van der Waals surface area (Å²) in [6, 6.07) is 0. The van der Waals surface area contributed by atoms with E-state index in [4.69, 9.17) is 6.42 Å². The first-order chi connectivity index (χ1) is 6.91. The van der Waals surface area contributed by atoms with Crippen molar-refractivity contribution < 1.29 is 4.79 Å². The van der Waals surface area contributed by atoms with Crippen molar-refractivity contribution in [2.45, 2.75) is 33.6 Å². The highest BCUT2D eigenvalue weighted by Crippen LogP contribution is 2.55. The zero-order valence-electron chi connectivity index (χ0n) is 9.55. The van der Waals surface area contributed by atoms with E-state index in [1.54, 1.807) is 6.08 Å². The first-order valence-electron chi connectivity index (χ1n) is 5.35. The molecule has 0 radical (unpaired) electrons. The van der Waals surface area contributed by atoms with E-state index in [1.807, 2.05) is 13.0 Å². The van der Waals surface area contributed by atoms with E-state index in [2.05, 4.69) is 19.8 Å². The summed E-state index contributed by atoms with van der Waals surface area (Å²) in [5.41, 5.74) is 1.71. The van der Waals surface area contributed by atoms with Crippen LogP contribution >= 0.6 is 0 Å². The van der Waals surface area contributed by atoms with Crippen molar-refractivity contribution in [3.05, 3.63) is 23.3 Å². The first kappa shape index (κ1) is 10.2. The predicted molar refractivity (Wildman–Crippen MR) is 61.1 cm³/mol. The van der Waals surface area contributed by atoms with Crippen molar-refractivity contribution in [2.75, 3.05) is 0 Å². The topological polar surface area (TPSA) is 17.1 Å². The lowest BCUT2D eigenvalue weighted by Crippen LogP contribution is -2.24. The Kier molecular flexibility index (Phi) is 1.95. The molecule has 0 aromatic rings. The summed E-state index contributed by atoms with van der Waals surface area (Å²) in [5, 5.41) is 0. The number of terminal acetylenes is 1. The zero-order valence-corrected chi connectivity index (χ0v) is 9.55. The van der Waals surface area contributed by atoms with Gasteiger partial charge in [-0.15, -0.1) is 6.42 Å². The fourth-order valence-corrected chi connectivity index (χ4v) is 2.73. The van der Waals surface area contributed by atoms with Gasteiger partial charge in [-0.05, 0) is 42.4 Å². The SMILES string of the molecule is C#CC12C=C(C)C(=O)C=C1C(C)(C)CC2. The Balaban J connectivity index is 2.60. The summed E-state index contributed by atoms with van der Waals surface area (Å²) in [6.45, 7) is 6.18. The molecule has 15 heavy (non-hydrogen) atoms. The normalized spacial score (nSPS) is 32.8. The number of rotatable bonds is 0. The molecule has 1 saturated carbocycles. The second-order valence-electron chi connectivity index (χ2n) is 5.25. The molecule has 0 aliphatic heterocycles. The van der Waals surface area contributed by atoms with Crippen LogP contribution in [0.4, 0.5) is 0 Å². The van der Waals surface area contributed by atoms with E-state index in [0.717, 1.165) is 24.0 Å². The Morgan fingerprint density at radius 2 is 2.07 bits per heavy atom. The maximum atomic E-state index is 11.7. The van der Waals surface area contributed by atoms with Crippen molar-refractivity contribution in [1.82, 2.24) is 0 Å². The molecule has 0 spiro atoms. The number of fused-ring (bicyclic) bond motifs is 1. The number of hydrogen-bond acceptors (Lipinski definition) is 1. The number of ketones is 1. The lowest BCUT2D eigenvalue weighted by Gasteiger charge is -2.30. The van der Waals surface area contributed by atoms with Gasteiger partial charge in [0.1, 0.15) is 0 Å². The van der Waals surface area contributed by atoms with Gasteiger partial charge in [-0.1, -0.05) is 25.8 Å². The maximum absolute atomic E-state index is 11.7. The lowest BCUT2D eigenvalue weighted by atomic mass is 9.72. The zero-order chi connectivity index (χ0) is 11.3. The Bertz CT molecular complexity index is 429. The Morgan fingerprint density at radius 3 is 2.67 bits per heavy atom. The van der Waals surface area contributed by atoms with Crippen molar-refractivity contribution in [3.63, 3.8) is 0 Å². The molecule has 0 saturated heterocycles. The maximum Gasteiger partial charge on any atom is 0.181 e. The van der Waals surface area contributed by atoms with Gasteiger partial charge in [0.25, 0.3) is 0 Å². The second-order valence-corrected chi connectivity index (χ2v) is 5.25. The summed E-state index contributed by atoms with van der Waals surface area (Å²) in [7, 11) is 0. The smallest absolute Gasteiger partial charge is 0.181 e. The largest absolute Gasteiger partial charge is 0.290 e. The van der Waals surface area contributed by atoms with Crippen LogP contribution in [0.15, 0.2) is 23.3 Å². The van der Waals surface area contributed by atoms with Gasteiger partial charge in [0.2, 0.25) is 0 Å². The Hall–Kier alpha value is -1.29. The molecule has 0 bridgehead atoms. The van der Waals surface area contributed by atoms with Gasteiger partial charge < -0.3 is 0 Å². The summed E-state index contributed by atoms with van der Waals surface area (Å²) >= 11 is 0. The van der Waals surface area contributed by atoms with Crippen LogP contribution < -0.4 is 0 Å². The monoisotopic (exact) mass is 200 g/mol. The van der Waals surface area contributed by atoms with Crippen molar-refractivity contribution in [2.24, 2.45) is 10.8 Å². The molecule has 2 rings (SSSR count). The van der Waals surface area contributed by atoms with Crippen LogP contribution in [0, 0.1) is 23.2 Å². The van der Waals surface area contributed by atoms with Crippen molar-refractivity contribution >= 4 is 5.78 Å². The van der Waals surface area contributed by atoms with Crippen LogP contribution in [0.25, 0.3) is 0 Å². The number of allylic oxidation sites excluding steroid dienone is 4. The van der Waals surface area contributed by atoms with Gasteiger partial charge >= 0.3 is 0 Å². The molecule has 1 atom stereocenters. The molecule has 0 aromatic heterocycles. The molecule has 1 nitrogen and oxygen atoms in total. The summed E-state index contributed by atoms with van der Waals surface area (Å²) in [5.74, 6) is 3.01. The molecule has 0 aromatic carbocycles. The van der Waals surface area contributed by atoms with Crippen molar-refractivity contribution in [3.8, 4) is 12.3 Å². The van der Waals surface area contributed by atoms with Crippen LogP contribution in [0.3, 0.4) is 0 Å². The molecule has 0 N–H and O–H groups in total. The van der Waals surface area contributed by atoms with E-state index >= 15 is 0 Å². The van der Waals surface area contributed by atoms with E-state index in [1.165, 1.54) is 0 Å². The van der Waals surface area contributed by atoms with Crippen LogP contribution in [0.5, 0.6) is 0 Å². The number of carbonyl (C=O) groups excluding carboxylic acids is 1. The van der Waals surface area contributed by atoms with Gasteiger partial charge in [0.05, 0.1) is 5.41 Å². The van der Waals surface area contributed by atoms with Crippen LogP contribution in [-0.2, 0) is 4.79 Å². The average Bonchev–Trinajstić information content (AvgIpc) is 2.43. The first-order valence-corrected chi connectivity index (χ1v) is 5.35. The molecule has 1 unspecified atom stereocenters. The molecule has 0 heterocycles. The van der Waals surface area contributed by atoms with E-state index < -0.39 is 0 Å². The molecule has 1 fully saturated rings. The lowest BCUT2D eigenvalue weighted by molar-refractivity contribution is -0.111. The molecule has 78 valence electrons. The van der Waals surface area contributed by atoms with Crippen molar-refractivity contribution in [1.29, 1.82) is 0 Å². The summed E-state index contributed by atoms with van der Waals surface area (Å²) < 4.78 is 0. The molecular weight excluding hydrogens is 184 g/mol. The molecule has 1 heteroatoms. The second kappa shape index (κ2) is 2.85. The fraction of sp³-hybridized carbons (Fsp3) is 0.500. The Labute approximate surface area is 91.3 Å². The molecule has 2 aliphatic rings. The van der Waals surface area contributed by atoms with Gasteiger partial charge in [-0.3, -0.25) is 4.79 Å². The van der Waals surface area contributed by atoms with E-state index in [-0.39, 0.29) is 16.6 Å². The standard InChI is InChI=1S/C14H16O/c1-5-14-7-6-13(3,4)12(14)8-11(15)10(2)9-14/h1,8-9H,6-7H2,2-4H3. The quantitative estimate of drug-likeness (QED) is 0.549. The summed E-state index contributed by atoms with van der Waals surface area (Å²) in [4.78, 5) is 11.7. The van der Waals surface area contributed by atoms with Crippen LogP contribution in [0.2, 0.25) is 0 Å². The highest BCUT2D eigenvalue weighted by molar-refractivity contribution is 6.05. The third kappa shape index (κ3) is 1.28. The average molecular weight is 200 g/mol. The minimum absolute atomic E-state index is 0.0687. The Morgan fingerprint density at radius 1 is 1.40 bits per heavy atom.